The van der Waals surface area contributed by atoms with Crippen molar-refractivity contribution in [2.24, 2.45) is 0 Å². The normalized spacial score (nSPS) is 15.2. The van der Waals surface area contributed by atoms with E-state index in [9.17, 15) is 0 Å². The maximum atomic E-state index is 6.34. The van der Waals surface area contributed by atoms with Crippen molar-refractivity contribution in [3.05, 3.63) is 103 Å². The van der Waals surface area contributed by atoms with Gasteiger partial charge in [-0.15, -0.1) is 6.58 Å². The first-order valence-corrected chi connectivity index (χ1v) is 11.1. The van der Waals surface area contributed by atoms with Crippen LogP contribution in [0.3, 0.4) is 0 Å². The molecular formula is C29H31NO2. The minimum Gasteiger partial charge on any atom is -0.496 e. The van der Waals surface area contributed by atoms with Crippen LogP contribution in [0.5, 0.6) is 5.75 Å². The molecule has 3 heteroatoms. The molecule has 3 aromatic carbocycles. The van der Waals surface area contributed by atoms with E-state index < -0.39 is 0 Å². The molecule has 1 N–H and O–H groups in total. The monoisotopic (exact) mass is 425 g/mol. The highest BCUT2D eigenvalue weighted by Gasteiger charge is 2.31. The van der Waals surface area contributed by atoms with Crippen LogP contribution in [0.15, 0.2) is 91.5 Å². The van der Waals surface area contributed by atoms with Gasteiger partial charge in [0, 0.05) is 23.1 Å². The quantitative estimate of drug-likeness (QED) is 0.404. The van der Waals surface area contributed by atoms with Gasteiger partial charge in [0.05, 0.1) is 31.0 Å². The second-order valence-electron chi connectivity index (χ2n) is 8.68. The summed E-state index contributed by atoms with van der Waals surface area (Å²) in [6, 6.07) is 25.1. The zero-order valence-corrected chi connectivity index (χ0v) is 19.1. The fourth-order valence-electron chi connectivity index (χ4n) is 4.38. The Labute approximate surface area is 191 Å². The lowest BCUT2D eigenvalue weighted by Gasteiger charge is -2.36. The summed E-state index contributed by atoms with van der Waals surface area (Å²) in [5, 5.41) is 3.75. The van der Waals surface area contributed by atoms with Crippen molar-refractivity contribution < 1.29 is 9.47 Å². The molecule has 0 aromatic heterocycles. The molecule has 0 aliphatic carbocycles. The van der Waals surface area contributed by atoms with E-state index in [1.807, 2.05) is 30.3 Å². The molecular weight excluding hydrogens is 394 g/mol. The molecule has 4 rings (SSSR count). The van der Waals surface area contributed by atoms with Crippen molar-refractivity contribution in [2.75, 3.05) is 19.0 Å². The zero-order chi connectivity index (χ0) is 22.6. The minimum absolute atomic E-state index is 0.0801. The number of hydrogen-bond donors (Lipinski definition) is 1. The number of benzene rings is 3. The number of nitrogens with one attached hydrogen (secondary N) is 1. The van der Waals surface area contributed by atoms with E-state index in [0.29, 0.717) is 6.61 Å². The number of fused-ring (bicyclic) bond motifs is 1. The van der Waals surface area contributed by atoms with Crippen LogP contribution in [0.4, 0.5) is 5.69 Å². The van der Waals surface area contributed by atoms with Crippen molar-refractivity contribution in [3.8, 4) is 16.9 Å². The van der Waals surface area contributed by atoms with Crippen LogP contribution in [0.2, 0.25) is 0 Å². The van der Waals surface area contributed by atoms with E-state index in [1.54, 1.807) is 7.11 Å². The summed E-state index contributed by atoms with van der Waals surface area (Å²) < 4.78 is 12.0. The van der Waals surface area contributed by atoms with Crippen molar-refractivity contribution in [1.29, 1.82) is 0 Å². The van der Waals surface area contributed by atoms with Gasteiger partial charge in [0.15, 0.2) is 0 Å². The zero-order valence-electron chi connectivity index (χ0n) is 19.1. The van der Waals surface area contributed by atoms with Crippen LogP contribution in [0.25, 0.3) is 16.7 Å². The molecule has 3 nitrogen and oxygen atoms in total. The average molecular weight is 426 g/mol. The van der Waals surface area contributed by atoms with Gasteiger partial charge in [0.2, 0.25) is 0 Å². The highest BCUT2D eigenvalue weighted by molar-refractivity contribution is 5.93. The lowest BCUT2D eigenvalue weighted by Crippen LogP contribution is -2.35. The minimum atomic E-state index is -0.229. The van der Waals surface area contributed by atoms with E-state index in [-0.39, 0.29) is 11.6 Å². The SMILES string of the molecule is C=CCOC(Cc1ccccc1)C1=CC(C)(C)Nc2c1cccc2-c1ccccc1OC. The van der Waals surface area contributed by atoms with E-state index in [0.717, 1.165) is 34.5 Å². The Hall–Kier alpha value is -3.30. The lowest BCUT2D eigenvalue weighted by atomic mass is 9.83. The Morgan fingerprint density at radius 2 is 1.59 bits per heavy atom. The fourth-order valence-corrected chi connectivity index (χ4v) is 4.38. The van der Waals surface area contributed by atoms with Gasteiger partial charge in [-0.3, -0.25) is 0 Å². The summed E-state index contributed by atoms with van der Waals surface area (Å²) in [7, 11) is 1.72. The van der Waals surface area contributed by atoms with Crippen LogP contribution in [0, 0.1) is 0 Å². The van der Waals surface area contributed by atoms with Gasteiger partial charge in [0.1, 0.15) is 5.75 Å². The van der Waals surface area contributed by atoms with Gasteiger partial charge in [-0.25, -0.2) is 0 Å². The van der Waals surface area contributed by atoms with Crippen LogP contribution < -0.4 is 10.1 Å². The van der Waals surface area contributed by atoms with Gasteiger partial charge in [0.25, 0.3) is 0 Å². The first-order chi connectivity index (χ1) is 15.5. The van der Waals surface area contributed by atoms with Crippen LogP contribution in [-0.4, -0.2) is 25.4 Å². The van der Waals surface area contributed by atoms with Crippen LogP contribution >= 0.6 is 0 Å². The highest BCUT2D eigenvalue weighted by atomic mass is 16.5. The summed E-state index contributed by atoms with van der Waals surface area (Å²) in [6.45, 7) is 8.76. The molecule has 1 atom stereocenters. The molecule has 0 spiro atoms. The molecule has 0 fully saturated rings. The number of hydrogen-bond acceptors (Lipinski definition) is 3. The molecule has 0 saturated heterocycles. The number of rotatable bonds is 8. The number of methoxy groups -OCH3 is 1. The van der Waals surface area contributed by atoms with Gasteiger partial charge in [-0.05, 0) is 31.1 Å². The number of anilines is 1. The third-order valence-electron chi connectivity index (χ3n) is 5.76. The summed E-state index contributed by atoms with van der Waals surface area (Å²) in [5.74, 6) is 0.861. The number of para-hydroxylation sites is 2. The van der Waals surface area contributed by atoms with E-state index >= 15 is 0 Å². The summed E-state index contributed by atoms with van der Waals surface area (Å²) >= 11 is 0. The second-order valence-corrected chi connectivity index (χ2v) is 8.68. The van der Waals surface area contributed by atoms with Gasteiger partial charge in [-0.1, -0.05) is 78.9 Å². The Morgan fingerprint density at radius 1 is 0.906 bits per heavy atom. The summed E-state index contributed by atoms with van der Waals surface area (Å²) in [4.78, 5) is 0. The molecule has 0 bridgehead atoms. The molecule has 0 amide bonds. The Balaban J connectivity index is 1.83. The third kappa shape index (κ3) is 4.63. The third-order valence-corrected chi connectivity index (χ3v) is 5.76. The fraction of sp³-hybridized carbons (Fsp3) is 0.241. The second kappa shape index (κ2) is 9.46. The molecule has 1 aliphatic rings. The number of ether oxygens (including phenoxy) is 2. The maximum absolute atomic E-state index is 6.34. The maximum Gasteiger partial charge on any atom is 0.126 e. The van der Waals surface area contributed by atoms with E-state index in [4.69, 9.17) is 9.47 Å². The predicted molar refractivity (Wildman–Crippen MR) is 134 cm³/mol. The Kier molecular flexibility index (Phi) is 6.48. The summed E-state index contributed by atoms with van der Waals surface area (Å²) in [6.07, 6.45) is 4.84. The first-order valence-electron chi connectivity index (χ1n) is 11.1. The molecule has 3 aromatic rings. The Bertz CT molecular complexity index is 1120. The van der Waals surface area contributed by atoms with E-state index in [1.165, 1.54) is 11.1 Å². The molecule has 0 radical (unpaired) electrons. The largest absolute Gasteiger partial charge is 0.496 e. The molecule has 1 unspecified atom stereocenters. The Morgan fingerprint density at radius 3 is 2.34 bits per heavy atom. The summed E-state index contributed by atoms with van der Waals surface area (Å²) in [5.41, 5.74) is 6.70. The smallest absolute Gasteiger partial charge is 0.126 e. The first kappa shape index (κ1) is 21.9. The molecule has 1 aliphatic heterocycles. The van der Waals surface area contributed by atoms with Crippen molar-refractivity contribution in [3.63, 3.8) is 0 Å². The topological polar surface area (TPSA) is 30.5 Å². The van der Waals surface area contributed by atoms with Gasteiger partial charge >= 0.3 is 0 Å². The van der Waals surface area contributed by atoms with Crippen LogP contribution in [0.1, 0.15) is 25.0 Å². The molecule has 164 valence electrons. The van der Waals surface area contributed by atoms with Gasteiger partial charge in [-0.2, -0.15) is 0 Å². The predicted octanol–water partition coefficient (Wildman–Crippen LogP) is 6.76. The van der Waals surface area contributed by atoms with Gasteiger partial charge < -0.3 is 14.8 Å². The van der Waals surface area contributed by atoms with Crippen LogP contribution in [-0.2, 0) is 11.2 Å². The molecule has 0 saturated carbocycles. The van der Waals surface area contributed by atoms with Crippen molar-refractivity contribution >= 4 is 11.3 Å². The van der Waals surface area contributed by atoms with Crippen molar-refractivity contribution in [2.45, 2.75) is 31.9 Å². The van der Waals surface area contributed by atoms with Crippen molar-refractivity contribution in [1.82, 2.24) is 0 Å². The standard InChI is InChI=1S/C29H31NO2/c1-5-18-32-27(19-21-12-7-6-8-13-21)25-20-29(2,3)30-28-23(15-11-16-24(25)28)22-14-9-10-17-26(22)31-4/h5-17,20,27,30H,1,18-19H2,2-4H3. The average Bonchev–Trinajstić information content (AvgIpc) is 2.81. The van der Waals surface area contributed by atoms with E-state index in [2.05, 4.69) is 80.4 Å². The molecule has 1 heterocycles. The molecule has 32 heavy (non-hydrogen) atoms. The highest BCUT2D eigenvalue weighted by Crippen LogP contribution is 2.44. The lowest BCUT2D eigenvalue weighted by molar-refractivity contribution is 0.116.